The number of amides is 1. The van der Waals surface area contributed by atoms with Gasteiger partial charge in [0.1, 0.15) is 5.82 Å². The number of carbonyl (C=O) groups is 1. The van der Waals surface area contributed by atoms with Crippen molar-refractivity contribution >= 4 is 21.4 Å². The van der Waals surface area contributed by atoms with E-state index in [-0.39, 0.29) is 10.5 Å². The third-order valence-corrected chi connectivity index (χ3v) is 4.52. The van der Waals surface area contributed by atoms with Gasteiger partial charge in [0.25, 0.3) is 5.91 Å². The highest BCUT2D eigenvalue weighted by Gasteiger charge is 2.15. The quantitative estimate of drug-likeness (QED) is 0.945. The highest BCUT2D eigenvalue weighted by molar-refractivity contribution is 7.90. The van der Waals surface area contributed by atoms with Crippen molar-refractivity contribution in [3.8, 4) is 0 Å². The fraction of sp³-hybridized carbons (Fsp3) is 0.188. The Bertz CT molecular complexity index is 844. The molecule has 4 nitrogen and oxygen atoms in total. The number of hydrogen-bond donors (Lipinski definition) is 1. The zero-order valence-corrected chi connectivity index (χ0v) is 13.3. The van der Waals surface area contributed by atoms with Gasteiger partial charge in [-0.1, -0.05) is 12.1 Å². The molecule has 0 aliphatic heterocycles. The highest BCUT2D eigenvalue weighted by Crippen LogP contribution is 2.19. The Hall–Kier alpha value is -2.21. The van der Waals surface area contributed by atoms with E-state index in [9.17, 15) is 17.6 Å². The van der Waals surface area contributed by atoms with Crippen LogP contribution in [0.5, 0.6) is 0 Å². The van der Waals surface area contributed by atoms with E-state index >= 15 is 0 Å². The molecule has 0 unspecified atom stereocenters. The molecule has 0 saturated carbocycles. The van der Waals surface area contributed by atoms with Crippen molar-refractivity contribution in [1.82, 2.24) is 0 Å². The number of hydrogen-bond acceptors (Lipinski definition) is 3. The van der Waals surface area contributed by atoms with E-state index in [0.29, 0.717) is 16.8 Å². The molecule has 0 spiro atoms. The van der Waals surface area contributed by atoms with Crippen LogP contribution in [0.15, 0.2) is 41.3 Å². The zero-order valence-electron chi connectivity index (χ0n) is 12.5. The van der Waals surface area contributed by atoms with Crippen LogP contribution in [-0.4, -0.2) is 20.6 Å². The minimum Gasteiger partial charge on any atom is -0.322 e. The molecular weight excluding hydrogens is 305 g/mol. The summed E-state index contributed by atoms with van der Waals surface area (Å²) >= 11 is 0. The number of nitrogens with one attached hydrogen (secondary N) is 1. The smallest absolute Gasteiger partial charge is 0.255 e. The second kappa shape index (κ2) is 5.88. The summed E-state index contributed by atoms with van der Waals surface area (Å²) in [6, 6.07) is 8.79. The third kappa shape index (κ3) is 3.51. The molecule has 0 aliphatic carbocycles. The standard InChI is InChI=1S/C16H16FNO3S/c1-10-5-7-13(9-14(10)17)18-16(19)12-6-4-11(2)15(8-12)22(3,20)21/h4-9H,1-3H3,(H,18,19). The van der Waals surface area contributed by atoms with Crippen molar-refractivity contribution in [2.45, 2.75) is 18.7 Å². The average Bonchev–Trinajstić information content (AvgIpc) is 2.42. The monoisotopic (exact) mass is 321 g/mol. The Labute approximate surface area is 128 Å². The van der Waals surface area contributed by atoms with E-state index in [1.165, 1.54) is 18.2 Å². The van der Waals surface area contributed by atoms with Crippen LogP contribution in [0, 0.1) is 19.7 Å². The van der Waals surface area contributed by atoms with Crippen molar-refractivity contribution < 1.29 is 17.6 Å². The van der Waals surface area contributed by atoms with Crippen LogP contribution in [0.25, 0.3) is 0 Å². The third-order valence-electron chi connectivity index (χ3n) is 3.28. The molecule has 6 heteroatoms. The number of anilines is 1. The molecule has 2 rings (SSSR count). The van der Waals surface area contributed by atoms with E-state index < -0.39 is 21.6 Å². The maximum Gasteiger partial charge on any atom is 0.255 e. The number of benzene rings is 2. The van der Waals surface area contributed by atoms with Gasteiger partial charge in [-0.15, -0.1) is 0 Å². The van der Waals surface area contributed by atoms with Crippen LogP contribution in [0.2, 0.25) is 0 Å². The molecule has 0 radical (unpaired) electrons. The van der Waals surface area contributed by atoms with Crippen molar-refractivity contribution in [2.75, 3.05) is 11.6 Å². The minimum absolute atomic E-state index is 0.107. The zero-order chi connectivity index (χ0) is 16.5. The second-order valence-corrected chi connectivity index (χ2v) is 7.15. The summed E-state index contributed by atoms with van der Waals surface area (Å²) in [6.45, 7) is 3.28. The molecule has 0 saturated heterocycles. The number of carbonyl (C=O) groups excluding carboxylic acids is 1. The number of sulfone groups is 1. The van der Waals surface area contributed by atoms with E-state index in [1.807, 2.05) is 0 Å². The van der Waals surface area contributed by atoms with Gasteiger partial charge >= 0.3 is 0 Å². The fourth-order valence-electron chi connectivity index (χ4n) is 2.01. The molecule has 1 N–H and O–H groups in total. The molecular formula is C16H16FNO3S. The predicted molar refractivity (Wildman–Crippen MR) is 83.4 cm³/mol. The Morgan fingerprint density at radius 1 is 1.05 bits per heavy atom. The predicted octanol–water partition coefficient (Wildman–Crippen LogP) is 3.10. The van der Waals surface area contributed by atoms with Gasteiger partial charge in [0.05, 0.1) is 4.90 Å². The molecule has 2 aromatic rings. The van der Waals surface area contributed by atoms with Crippen molar-refractivity contribution in [3.63, 3.8) is 0 Å². The van der Waals surface area contributed by atoms with Crippen LogP contribution in [0.1, 0.15) is 21.5 Å². The van der Waals surface area contributed by atoms with Crippen molar-refractivity contribution in [2.24, 2.45) is 0 Å². The van der Waals surface area contributed by atoms with Crippen LogP contribution < -0.4 is 5.32 Å². The van der Waals surface area contributed by atoms with Gasteiger partial charge in [-0.2, -0.15) is 0 Å². The Morgan fingerprint density at radius 3 is 2.27 bits per heavy atom. The largest absolute Gasteiger partial charge is 0.322 e. The van der Waals surface area contributed by atoms with Gasteiger partial charge in [0, 0.05) is 17.5 Å². The normalized spacial score (nSPS) is 11.3. The van der Waals surface area contributed by atoms with Gasteiger partial charge < -0.3 is 5.32 Å². The maximum absolute atomic E-state index is 13.5. The molecule has 0 atom stereocenters. The van der Waals surface area contributed by atoms with Crippen LogP contribution in [-0.2, 0) is 9.84 Å². The van der Waals surface area contributed by atoms with Crippen LogP contribution in [0.4, 0.5) is 10.1 Å². The Balaban J connectivity index is 2.32. The topological polar surface area (TPSA) is 63.2 Å². The molecule has 0 aromatic heterocycles. The minimum atomic E-state index is -3.41. The molecule has 0 heterocycles. The molecule has 0 bridgehead atoms. The van der Waals surface area contributed by atoms with Gasteiger partial charge in [-0.05, 0) is 49.2 Å². The SMILES string of the molecule is Cc1ccc(NC(=O)c2ccc(C)c(S(C)(=O)=O)c2)cc1F. The number of halogens is 1. The molecule has 0 fully saturated rings. The van der Waals surface area contributed by atoms with Gasteiger partial charge in [0.2, 0.25) is 0 Å². The summed E-state index contributed by atoms with van der Waals surface area (Å²) in [7, 11) is -3.41. The van der Waals surface area contributed by atoms with Crippen LogP contribution >= 0.6 is 0 Å². The number of rotatable bonds is 3. The first-order valence-corrected chi connectivity index (χ1v) is 8.46. The summed E-state index contributed by atoms with van der Waals surface area (Å²) in [5.41, 5.74) is 1.56. The maximum atomic E-state index is 13.5. The summed E-state index contributed by atoms with van der Waals surface area (Å²) < 4.78 is 36.9. The lowest BCUT2D eigenvalue weighted by molar-refractivity contribution is 0.102. The molecule has 1 amide bonds. The summed E-state index contributed by atoms with van der Waals surface area (Å²) in [5, 5.41) is 2.55. The Morgan fingerprint density at radius 2 is 1.68 bits per heavy atom. The molecule has 116 valence electrons. The fourth-order valence-corrected chi connectivity index (χ4v) is 3.01. The number of aryl methyl sites for hydroxylation is 2. The lowest BCUT2D eigenvalue weighted by atomic mass is 10.1. The van der Waals surface area contributed by atoms with Gasteiger partial charge in [-0.3, -0.25) is 4.79 Å². The summed E-state index contributed by atoms with van der Waals surface area (Å²) in [5.74, 6) is -0.910. The summed E-state index contributed by atoms with van der Waals surface area (Å²) in [6.07, 6.45) is 1.09. The van der Waals surface area contributed by atoms with Crippen molar-refractivity contribution in [1.29, 1.82) is 0 Å². The van der Waals surface area contributed by atoms with E-state index in [1.54, 1.807) is 32.0 Å². The summed E-state index contributed by atoms with van der Waals surface area (Å²) in [4.78, 5) is 12.3. The van der Waals surface area contributed by atoms with E-state index in [2.05, 4.69) is 5.32 Å². The molecule has 0 aliphatic rings. The molecule has 22 heavy (non-hydrogen) atoms. The van der Waals surface area contributed by atoms with E-state index in [0.717, 1.165) is 6.26 Å². The van der Waals surface area contributed by atoms with Crippen molar-refractivity contribution in [3.05, 3.63) is 58.9 Å². The van der Waals surface area contributed by atoms with E-state index in [4.69, 9.17) is 0 Å². The first kappa shape index (κ1) is 16.2. The Kier molecular flexibility index (Phi) is 4.32. The highest BCUT2D eigenvalue weighted by atomic mass is 32.2. The molecule has 2 aromatic carbocycles. The van der Waals surface area contributed by atoms with Gasteiger partial charge in [-0.25, -0.2) is 12.8 Å². The first-order chi connectivity index (χ1) is 10.2. The first-order valence-electron chi connectivity index (χ1n) is 6.56. The lowest BCUT2D eigenvalue weighted by Gasteiger charge is -2.09. The second-order valence-electron chi connectivity index (χ2n) is 5.17. The van der Waals surface area contributed by atoms with Gasteiger partial charge in [0.15, 0.2) is 9.84 Å². The lowest BCUT2D eigenvalue weighted by Crippen LogP contribution is -2.13. The van der Waals surface area contributed by atoms with Crippen LogP contribution in [0.3, 0.4) is 0 Å². The average molecular weight is 321 g/mol.